The number of halogens is 1. The molecule has 1 aromatic rings. The first-order valence-electron chi connectivity index (χ1n) is 8.70. The van der Waals surface area contributed by atoms with Crippen LogP contribution >= 0.6 is 24.2 Å². The fourth-order valence-electron chi connectivity index (χ4n) is 2.80. The second kappa shape index (κ2) is 11.8. The lowest BCUT2D eigenvalue weighted by atomic mass is 10.1. The number of rotatable bonds is 8. The second-order valence-electron chi connectivity index (χ2n) is 6.14. The average molecular weight is 416 g/mol. The van der Waals surface area contributed by atoms with Gasteiger partial charge in [0.2, 0.25) is 5.91 Å². The molecule has 0 radical (unpaired) electrons. The van der Waals surface area contributed by atoms with Crippen molar-refractivity contribution in [2.45, 2.75) is 13.3 Å². The SMILES string of the molecule is CCCN(CC(=O)O)CC(=O)Nc1cccc(C(=O)N2CCSCC2)c1.Cl. The number of anilines is 1. The van der Waals surface area contributed by atoms with Crippen LogP contribution in [-0.4, -0.2) is 76.9 Å². The maximum absolute atomic E-state index is 12.6. The van der Waals surface area contributed by atoms with Crippen LogP contribution in [0.5, 0.6) is 0 Å². The highest BCUT2D eigenvalue weighted by Gasteiger charge is 2.19. The van der Waals surface area contributed by atoms with Gasteiger partial charge in [-0.25, -0.2) is 0 Å². The number of hydrogen-bond acceptors (Lipinski definition) is 5. The van der Waals surface area contributed by atoms with Crippen molar-refractivity contribution in [2.24, 2.45) is 0 Å². The Hall–Kier alpha value is -1.77. The Morgan fingerprint density at radius 3 is 2.56 bits per heavy atom. The maximum Gasteiger partial charge on any atom is 0.317 e. The van der Waals surface area contributed by atoms with E-state index in [0.29, 0.717) is 17.8 Å². The first-order chi connectivity index (χ1) is 12.5. The summed E-state index contributed by atoms with van der Waals surface area (Å²) in [4.78, 5) is 39.1. The third-order valence-corrected chi connectivity index (χ3v) is 4.90. The van der Waals surface area contributed by atoms with E-state index in [4.69, 9.17) is 5.11 Å². The number of aliphatic carboxylic acids is 1. The van der Waals surface area contributed by atoms with Crippen LogP contribution in [0.15, 0.2) is 24.3 Å². The number of benzene rings is 1. The average Bonchev–Trinajstić information content (AvgIpc) is 2.61. The van der Waals surface area contributed by atoms with Gasteiger partial charge in [-0.15, -0.1) is 12.4 Å². The quantitative estimate of drug-likeness (QED) is 0.675. The molecule has 0 spiro atoms. The monoisotopic (exact) mass is 415 g/mol. The van der Waals surface area contributed by atoms with Gasteiger partial charge in [-0.1, -0.05) is 13.0 Å². The van der Waals surface area contributed by atoms with Gasteiger partial charge in [-0.2, -0.15) is 11.8 Å². The highest BCUT2D eigenvalue weighted by atomic mass is 35.5. The maximum atomic E-state index is 12.6. The minimum Gasteiger partial charge on any atom is -0.480 e. The van der Waals surface area contributed by atoms with E-state index in [1.807, 2.05) is 23.6 Å². The summed E-state index contributed by atoms with van der Waals surface area (Å²) in [7, 11) is 0. The molecular formula is C18H26ClN3O4S. The largest absolute Gasteiger partial charge is 0.480 e. The minimum absolute atomic E-state index is 0. The smallest absolute Gasteiger partial charge is 0.317 e. The lowest BCUT2D eigenvalue weighted by Gasteiger charge is -2.26. The Kier molecular flexibility index (Phi) is 10.2. The molecule has 9 heteroatoms. The van der Waals surface area contributed by atoms with Crippen molar-refractivity contribution in [1.82, 2.24) is 9.80 Å². The van der Waals surface area contributed by atoms with Crippen molar-refractivity contribution in [1.29, 1.82) is 0 Å². The molecule has 0 aliphatic carbocycles. The Morgan fingerprint density at radius 2 is 1.93 bits per heavy atom. The number of thioether (sulfide) groups is 1. The first-order valence-corrected chi connectivity index (χ1v) is 9.86. The third-order valence-electron chi connectivity index (χ3n) is 3.96. The van der Waals surface area contributed by atoms with Crippen molar-refractivity contribution >= 4 is 47.6 Å². The van der Waals surface area contributed by atoms with Crippen LogP contribution in [0.25, 0.3) is 0 Å². The zero-order valence-corrected chi connectivity index (χ0v) is 17.0. The third kappa shape index (κ3) is 7.78. The number of carboxylic acid groups (broad SMARTS) is 1. The van der Waals surface area contributed by atoms with E-state index < -0.39 is 5.97 Å². The Morgan fingerprint density at radius 1 is 1.22 bits per heavy atom. The zero-order valence-electron chi connectivity index (χ0n) is 15.3. The number of carbonyl (C=O) groups excluding carboxylic acids is 2. The Bertz CT molecular complexity index is 653. The van der Waals surface area contributed by atoms with Crippen LogP contribution < -0.4 is 5.32 Å². The fraction of sp³-hybridized carbons (Fsp3) is 0.500. The van der Waals surface area contributed by atoms with Crippen molar-refractivity contribution in [2.75, 3.05) is 49.5 Å². The summed E-state index contributed by atoms with van der Waals surface area (Å²) >= 11 is 1.84. The van der Waals surface area contributed by atoms with Gasteiger partial charge < -0.3 is 15.3 Å². The van der Waals surface area contributed by atoms with E-state index in [0.717, 1.165) is 31.0 Å². The topological polar surface area (TPSA) is 90.0 Å². The molecular weight excluding hydrogens is 390 g/mol. The molecule has 0 unspecified atom stereocenters. The van der Waals surface area contributed by atoms with Gasteiger partial charge in [0.25, 0.3) is 5.91 Å². The van der Waals surface area contributed by atoms with Gasteiger partial charge >= 0.3 is 5.97 Å². The summed E-state index contributed by atoms with van der Waals surface area (Å²) in [6, 6.07) is 6.88. The summed E-state index contributed by atoms with van der Waals surface area (Å²) in [6.45, 7) is 3.77. The molecule has 1 saturated heterocycles. The number of carboxylic acids is 1. The van der Waals surface area contributed by atoms with Crippen molar-refractivity contribution in [3.8, 4) is 0 Å². The van der Waals surface area contributed by atoms with Crippen LogP contribution in [0.4, 0.5) is 5.69 Å². The summed E-state index contributed by atoms with van der Waals surface area (Å²) in [5.41, 5.74) is 1.09. The van der Waals surface area contributed by atoms with Gasteiger partial charge in [0.15, 0.2) is 0 Å². The van der Waals surface area contributed by atoms with Crippen LogP contribution in [0, 0.1) is 0 Å². The lowest BCUT2D eigenvalue weighted by Crippen LogP contribution is -2.38. The summed E-state index contributed by atoms with van der Waals surface area (Å²) < 4.78 is 0. The van der Waals surface area contributed by atoms with Crippen LogP contribution in [0.3, 0.4) is 0 Å². The number of amides is 2. The van der Waals surface area contributed by atoms with Crippen LogP contribution in [0.1, 0.15) is 23.7 Å². The molecule has 27 heavy (non-hydrogen) atoms. The van der Waals surface area contributed by atoms with Gasteiger partial charge in [0.05, 0.1) is 13.1 Å². The van der Waals surface area contributed by atoms with E-state index in [1.165, 1.54) is 0 Å². The minimum atomic E-state index is -0.960. The van der Waals surface area contributed by atoms with E-state index in [2.05, 4.69) is 5.32 Å². The molecule has 2 N–H and O–H groups in total. The number of nitrogens with zero attached hydrogens (tertiary/aromatic N) is 2. The highest BCUT2D eigenvalue weighted by Crippen LogP contribution is 2.16. The van der Waals surface area contributed by atoms with Crippen LogP contribution in [-0.2, 0) is 9.59 Å². The van der Waals surface area contributed by atoms with Gasteiger partial charge in [0.1, 0.15) is 0 Å². The molecule has 1 heterocycles. The van der Waals surface area contributed by atoms with E-state index in [-0.39, 0.29) is 37.3 Å². The lowest BCUT2D eigenvalue weighted by molar-refractivity contribution is -0.138. The molecule has 1 aliphatic heterocycles. The summed E-state index contributed by atoms with van der Waals surface area (Å²) in [5, 5.41) is 11.7. The molecule has 2 rings (SSSR count). The molecule has 1 fully saturated rings. The Labute approximate surface area is 169 Å². The molecule has 150 valence electrons. The van der Waals surface area contributed by atoms with Gasteiger partial charge in [0, 0.05) is 35.8 Å². The number of carbonyl (C=O) groups is 3. The van der Waals surface area contributed by atoms with E-state index in [1.54, 1.807) is 29.2 Å². The second-order valence-corrected chi connectivity index (χ2v) is 7.36. The fourth-order valence-corrected chi connectivity index (χ4v) is 3.71. The molecule has 0 aromatic heterocycles. The molecule has 0 saturated carbocycles. The van der Waals surface area contributed by atoms with E-state index >= 15 is 0 Å². The van der Waals surface area contributed by atoms with Crippen molar-refractivity contribution < 1.29 is 19.5 Å². The predicted molar refractivity (Wildman–Crippen MR) is 110 cm³/mol. The van der Waals surface area contributed by atoms with Crippen LogP contribution in [0.2, 0.25) is 0 Å². The first kappa shape index (κ1) is 23.3. The Balaban J connectivity index is 0.00000364. The van der Waals surface area contributed by atoms with Crippen molar-refractivity contribution in [3.63, 3.8) is 0 Å². The molecule has 7 nitrogen and oxygen atoms in total. The molecule has 2 amide bonds. The number of nitrogens with one attached hydrogen (secondary N) is 1. The molecule has 1 aliphatic rings. The predicted octanol–water partition coefficient (Wildman–Crippen LogP) is 2.03. The summed E-state index contributed by atoms with van der Waals surface area (Å²) in [5.74, 6) is 0.606. The normalized spacial score (nSPS) is 13.8. The molecule has 0 bridgehead atoms. The highest BCUT2D eigenvalue weighted by molar-refractivity contribution is 7.99. The van der Waals surface area contributed by atoms with Gasteiger partial charge in [-0.05, 0) is 31.2 Å². The zero-order chi connectivity index (χ0) is 18.9. The van der Waals surface area contributed by atoms with Gasteiger partial charge in [-0.3, -0.25) is 19.3 Å². The van der Waals surface area contributed by atoms with E-state index in [9.17, 15) is 14.4 Å². The van der Waals surface area contributed by atoms with Crippen molar-refractivity contribution in [3.05, 3.63) is 29.8 Å². The molecule has 1 aromatic carbocycles. The standard InChI is InChI=1S/C18H25N3O4S.ClH/c1-2-6-20(13-17(23)24)12-16(22)19-15-5-3-4-14(11-15)18(25)21-7-9-26-10-8-21;/h3-5,11H,2,6-10,12-13H2,1H3,(H,19,22)(H,23,24);1H. The number of hydrogen-bond donors (Lipinski definition) is 2. The molecule has 0 atom stereocenters. The summed E-state index contributed by atoms with van der Waals surface area (Å²) in [6.07, 6.45) is 0.763.